The normalized spacial score (nSPS) is 23.7. The van der Waals surface area contributed by atoms with Gasteiger partial charge in [0.05, 0.1) is 17.6 Å². The molecule has 2 saturated heterocycles. The third-order valence-electron chi connectivity index (χ3n) is 8.04. The first-order valence-corrected chi connectivity index (χ1v) is 12.9. The molecule has 0 radical (unpaired) electrons. The smallest absolute Gasteiger partial charge is 0.328 e. The van der Waals surface area contributed by atoms with Crippen molar-refractivity contribution < 1.29 is 23.9 Å². The molecule has 2 aromatic rings. The molecule has 3 atom stereocenters. The van der Waals surface area contributed by atoms with E-state index in [1.54, 1.807) is 17.0 Å². The van der Waals surface area contributed by atoms with Crippen molar-refractivity contribution in [1.29, 1.82) is 0 Å². The van der Waals surface area contributed by atoms with Gasteiger partial charge in [-0.3, -0.25) is 14.4 Å². The number of hydrogen-bond acceptors (Lipinski definition) is 5. The van der Waals surface area contributed by atoms with Gasteiger partial charge in [-0.25, -0.2) is 4.79 Å². The number of benzene rings is 1. The summed E-state index contributed by atoms with van der Waals surface area (Å²) in [7, 11) is 1.26. The maximum atomic E-state index is 13.6. The lowest BCUT2D eigenvalue weighted by Gasteiger charge is -2.37. The predicted molar refractivity (Wildman–Crippen MR) is 133 cm³/mol. The molecule has 0 bridgehead atoms. The Morgan fingerprint density at radius 3 is 2.75 bits per heavy atom. The van der Waals surface area contributed by atoms with Crippen LogP contribution in [0.1, 0.15) is 55.4 Å². The Morgan fingerprint density at radius 1 is 1.28 bits per heavy atom. The fraction of sp³-hybridized carbons (Fsp3) is 0.538. The fourth-order valence-electron chi connectivity index (χ4n) is 5.90. The predicted octanol–water partition coefficient (Wildman–Crippen LogP) is 2.78. The standard InChI is InChI=1S/C26H31ClN4O5/c1-36-25(35)19(12-16-6-3-10-28-22(16)32)30-23(33)20-13-26(8-4-9-26)14-31(20)24(34)18-11-15-5-2-7-17(27)21(15)29-18/h2,5,7,11,16,19-20,29H,3-4,6,8-10,12-14H2,1H3,(H,28,32)(H,30,33)/t16-,19-,20?/m0/s1. The summed E-state index contributed by atoms with van der Waals surface area (Å²) >= 11 is 6.29. The van der Waals surface area contributed by atoms with Crippen LogP contribution >= 0.6 is 11.6 Å². The quantitative estimate of drug-likeness (QED) is 0.512. The summed E-state index contributed by atoms with van der Waals surface area (Å²) in [4.78, 5) is 56.7. The van der Waals surface area contributed by atoms with Crippen LogP contribution in [-0.4, -0.2) is 65.9 Å². The number of likely N-dealkylation sites (tertiary alicyclic amines) is 1. The molecular formula is C26H31ClN4O5. The molecule has 3 heterocycles. The number of para-hydroxylation sites is 1. The summed E-state index contributed by atoms with van der Waals surface area (Å²) in [6.45, 7) is 1.10. The summed E-state index contributed by atoms with van der Waals surface area (Å²) in [6.07, 6.45) is 5.17. The molecule has 3 aliphatic rings. The van der Waals surface area contributed by atoms with Crippen LogP contribution in [0, 0.1) is 11.3 Å². The molecule has 36 heavy (non-hydrogen) atoms. The first-order valence-electron chi connectivity index (χ1n) is 12.5. The Kier molecular flexibility index (Phi) is 6.68. The van der Waals surface area contributed by atoms with Crippen molar-refractivity contribution >= 4 is 46.2 Å². The van der Waals surface area contributed by atoms with E-state index in [9.17, 15) is 19.2 Å². The van der Waals surface area contributed by atoms with Gasteiger partial charge in [-0.05, 0) is 56.1 Å². The Hall–Kier alpha value is -3.07. The fourth-order valence-corrected chi connectivity index (χ4v) is 6.13. The van der Waals surface area contributed by atoms with E-state index in [0.717, 1.165) is 31.1 Å². The van der Waals surface area contributed by atoms with Crippen LogP contribution in [-0.2, 0) is 19.1 Å². The second-order valence-corrected chi connectivity index (χ2v) is 10.8. The number of methoxy groups -OCH3 is 1. The molecule has 1 aromatic carbocycles. The second-order valence-electron chi connectivity index (χ2n) is 10.3. The zero-order chi connectivity index (χ0) is 25.4. The minimum absolute atomic E-state index is 0.0780. The number of fused-ring (bicyclic) bond motifs is 1. The molecule has 3 N–H and O–H groups in total. The molecule has 9 nitrogen and oxygen atoms in total. The van der Waals surface area contributed by atoms with E-state index in [1.807, 2.05) is 12.1 Å². The van der Waals surface area contributed by atoms with Crippen molar-refractivity contribution in [2.45, 2.75) is 57.0 Å². The van der Waals surface area contributed by atoms with Gasteiger partial charge in [0, 0.05) is 24.4 Å². The lowest BCUT2D eigenvalue weighted by molar-refractivity contribution is -0.146. The molecule has 1 unspecified atom stereocenters. The number of carbonyl (C=O) groups is 4. The number of rotatable bonds is 6. The number of halogens is 1. The number of amides is 3. The van der Waals surface area contributed by atoms with Gasteiger partial charge < -0.3 is 25.3 Å². The number of hydrogen-bond donors (Lipinski definition) is 3. The van der Waals surface area contributed by atoms with Crippen molar-refractivity contribution in [2.75, 3.05) is 20.2 Å². The number of ether oxygens (including phenoxy) is 1. The highest BCUT2D eigenvalue weighted by Gasteiger charge is 2.52. The molecule has 5 rings (SSSR count). The molecule has 3 amide bonds. The summed E-state index contributed by atoms with van der Waals surface area (Å²) in [5.41, 5.74) is 0.971. The maximum Gasteiger partial charge on any atom is 0.328 e. The number of esters is 1. The summed E-state index contributed by atoms with van der Waals surface area (Å²) in [6, 6.07) is 5.53. The highest BCUT2D eigenvalue weighted by molar-refractivity contribution is 6.35. The van der Waals surface area contributed by atoms with Crippen LogP contribution in [0.5, 0.6) is 0 Å². The van der Waals surface area contributed by atoms with Gasteiger partial charge in [0.2, 0.25) is 11.8 Å². The van der Waals surface area contributed by atoms with Gasteiger partial charge in [-0.2, -0.15) is 0 Å². The molecule has 1 saturated carbocycles. The van der Waals surface area contributed by atoms with Gasteiger partial charge in [0.15, 0.2) is 0 Å². The number of nitrogens with one attached hydrogen (secondary N) is 3. The van der Waals surface area contributed by atoms with E-state index in [1.165, 1.54) is 7.11 Å². The Labute approximate surface area is 214 Å². The summed E-state index contributed by atoms with van der Waals surface area (Å²) in [5.74, 6) is -1.76. The van der Waals surface area contributed by atoms with Crippen molar-refractivity contribution in [3.8, 4) is 0 Å². The van der Waals surface area contributed by atoms with E-state index in [2.05, 4.69) is 15.6 Å². The number of H-pyrrole nitrogens is 1. The monoisotopic (exact) mass is 514 g/mol. The van der Waals surface area contributed by atoms with E-state index in [4.69, 9.17) is 16.3 Å². The van der Waals surface area contributed by atoms with Crippen LogP contribution < -0.4 is 10.6 Å². The van der Waals surface area contributed by atoms with Gasteiger partial charge in [-0.15, -0.1) is 0 Å². The maximum absolute atomic E-state index is 13.6. The van der Waals surface area contributed by atoms with Crippen molar-refractivity contribution in [3.05, 3.63) is 35.0 Å². The first-order chi connectivity index (χ1) is 17.3. The third kappa shape index (κ3) is 4.56. The first kappa shape index (κ1) is 24.6. The number of aromatic nitrogens is 1. The SMILES string of the molecule is COC(=O)[C@H](C[C@@H]1CCCNC1=O)NC(=O)C1CC2(CCC2)CN1C(=O)c1cc2cccc(Cl)c2[nH]1. The average molecular weight is 515 g/mol. The van der Waals surface area contributed by atoms with E-state index in [0.29, 0.717) is 42.2 Å². The molecule has 3 fully saturated rings. The Balaban J connectivity index is 1.37. The van der Waals surface area contributed by atoms with Crippen molar-refractivity contribution in [3.63, 3.8) is 0 Å². The zero-order valence-electron chi connectivity index (χ0n) is 20.3. The molecular weight excluding hydrogens is 484 g/mol. The highest BCUT2D eigenvalue weighted by atomic mass is 35.5. The van der Waals surface area contributed by atoms with Crippen molar-refractivity contribution in [2.24, 2.45) is 11.3 Å². The highest BCUT2D eigenvalue weighted by Crippen LogP contribution is 2.50. The second kappa shape index (κ2) is 9.76. The van der Waals surface area contributed by atoms with Gasteiger partial charge in [0.1, 0.15) is 17.8 Å². The lowest BCUT2D eigenvalue weighted by atomic mass is 9.67. The molecule has 192 valence electrons. The topological polar surface area (TPSA) is 121 Å². The number of carbonyl (C=O) groups excluding carboxylic acids is 4. The molecule has 1 aliphatic carbocycles. The van der Waals surface area contributed by atoms with E-state index in [-0.39, 0.29) is 29.6 Å². The minimum atomic E-state index is -0.960. The van der Waals surface area contributed by atoms with Crippen LogP contribution in [0.15, 0.2) is 24.3 Å². The van der Waals surface area contributed by atoms with Crippen LogP contribution in [0.4, 0.5) is 0 Å². The third-order valence-corrected chi connectivity index (χ3v) is 8.36. The van der Waals surface area contributed by atoms with Gasteiger partial charge in [0.25, 0.3) is 5.91 Å². The van der Waals surface area contributed by atoms with Crippen LogP contribution in [0.3, 0.4) is 0 Å². The average Bonchev–Trinajstić information content (AvgIpc) is 3.48. The number of piperidine rings is 1. The van der Waals surface area contributed by atoms with Crippen LogP contribution in [0.2, 0.25) is 5.02 Å². The van der Waals surface area contributed by atoms with Crippen LogP contribution in [0.25, 0.3) is 10.9 Å². The molecule has 10 heteroatoms. The van der Waals surface area contributed by atoms with E-state index >= 15 is 0 Å². The largest absolute Gasteiger partial charge is 0.467 e. The Morgan fingerprint density at radius 2 is 2.08 bits per heavy atom. The van der Waals surface area contributed by atoms with E-state index < -0.39 is 24.0 Å². The lowest BCUT2D eigenvalue weighted by Crippen LogP contribution is -2.52. The minimum Gasteiger partial charge on any atom is -0.467 e. The van der Waals surface area contributed by atoms with Gasteiger partial charge >= 0.3 is 5.97 Å². The summed E-state index contributed by atoms with van der Waals surface area (Å²) < 4.78 is 4.93. The zero-order valence-corrected chi connectivity index (χ0v) is 21.0. The Bertz CT molecular complexity index is 1210. The van der Waals surface area contributed by atoms with Gasteiger partial charge in [-0.1, -0.05) is 30.2 Å². The number of aromatic amines is 1. The molecule has 2 aliphatic heterocycles. The molecule has 1 aromatic heterocycles. The summed E-state index contributed by atoms with van der Waals surface area (Å²) in [5, 5.41) is 6.97. The van der Waals surface area contributed by atoms with Crippen molar-refractivity contribution in [1.82, 2.24) is 20.5 Å². The molecule has 1 spiro atoms. The number of nitrogens with zero attached hydrogens (tertiary/aromatic N) is 1.